The average Bonchev–Trinajstić information content (AvgIpc) is 3.03. The summed E-state index contributed by atoms with van der Waals surface area (Å²) in [5, 5.41) is 12.8. The van der Waals surface area contributed by atoms with Gasteiger partial charge in [0.15, 0.2) is 0 Å². The van der Waals surface area contributed by atoms with Gasteiger partial charge in [-0.3, -0.25) is 9.59 Å². The fraction of sp³-hybridized carbons (Fsp3) is 0.556. The highest BCUT2D eigenvalue weighted by atomic mass is 35.5. The van der Waals surface area contributed by atoms with Crippen molar-refractivity contribution < 1.29 is 19.4 Å². The van der Waals surface area contributed by atoms with Crippen LogP contribution in [0.3, 0.4) is 0 Å². The number of carboxylic acid groups (broad SMARTS) is 1. The van der Waals surface area contributed by atoms with Gasteiger partial charge in [0, 0.05) is 17.5 Å². The van der Waals surface area contributed by atoms with E-state index in [9.17, 15) is 9.59 Å². The van der Waals surface area contributed by atoms with Gasteiger partial charge in [-0.25, -0.2) is 0 Å². The van der Waals surface area contributed by atoms with Gasteiger partial charge in [-0.05, 0) is 49.8 Å². The number of nitrogens with one attached hydrogen (secondary N) is 1. The molecule has 1 amide bonds. The van der Waals surface area contributed by atoms with Gasteiger partial charge in [0.25, 0.3) is 0 Å². The molecule has 2 unspecified atom stereocenters. The SMILES string of the molecule is O=C(O)C1CCC(C(=O)NC2CCOC2c2ccc(Cl)cc2)CC1. The molecule has 2 N–H and O–H groups in total. The topological polar surface area (TPSA) is 75.6 Å². The van der Waals surface area contributed by atoms with E-state index in [4.69, 9.17) is 21.4 Å². The molecule has 1 heterocycles. The minimum atomic E-state index is -0.749. The number of benzene rings is 1. The molecule has 0 bridgehead atoms. The standard InChI is InChI=1S/C18H22ClNO4/c19-14-7-5-11(6-8-14)16-15(9-10-24-16)20-17(21)12-1-3-13(4-2-12)18(22)23/h5-8,12-13,15-16H,1-4,9-10H2,(H,20,21)(H,22,23). The van der Waals surface area contributed by atoms with Crippen LogP contribution >= 0.6 is 11.6 Å². The molecule has 1 saturated carbocycles. The lowest BCUT2D eigenvalue weighted by Crippen LogP contribution is -2.41. The summed E-state index contributed by atoms with van der Waals surface area (Å²) in [5.41, 5.74) is 1.01. The van der Waals surface area contributed by atoms with E-state index in [-0.39, 0.29) is 29.9 Å². The Balaban J connectivity index is 1.57. The van der Waals surface area contributed by atoms with Gasteiger partial charge < -0.3 is 15.2 Å². The van der Waals surface area contributed by atoms with E-state index in [2.05, 4.69) is 5.32 Å². The van der Waals surface area contributed by atoms with E-state index >= 15 is 0 Å². The molecular formula is C18H22ClNO4. The van der Waals surface area contributed by atoms with E-state index in [0.717, 1.165) is 12.0 Å². The third-order valence-corrected chi connectivity index (χ3v) is 5.32. The number of carbonyl (C=O) groups is 2. The van der Waals surface area contributed by atoms with E-state index in [1.165, 1.54) is 0 Å². The summed E-state index contributed by atoms with van der Waals surface area (Å²) in [6.07, 6.45) is 3.07. The fourth-order valence-electron chi connectivity index (χ4n) is 3.62. The quantitative estimate of drug-likeness (QED) is 0.873. The van der Waals surface area contributed by atoms with Crippen molar-refractivity contribution in [3.05, 3.63) is 34.9 Å². The summed E-state index contributed by atoms with van der Waals surface area (Å²) >= 11 is 5.92. The van der Waals surface area contributed by atoms with Gasteiger partial charge >= 0.3 is 5.97 Å². The van der Waals surface area contributed by atoms with Gasteiger partial charge in [0.2, 0.25) is 5.91 Å². The summed E-state index contributed by atoms with van der Waals surface area (Å²) in [5.74, 6) is -1.12. The zero-order chi connectivity index (χ0) is 17.1. The smallest absolute Gasteiger partial charge is 0.306 e. The minimum Gasteiger partial charge on any atom is -0.481 e. The normalized spacial score (nSPS) is 30.0. The Morgan fingerprint density at radius 1 is 1.04 bits per heavy atom. The second-order valence-corrected chi connectivity index (χ2v) is 7.07. The molecule has 130 valence electrons. The molecule has 2 fully saturated rings. The Bertz CT molecular complexity index is 596. The molecule has 1 saturated heterocycles. The third-order valence-electron chi connectivity index (χ3n) is 5.07. The Labute approximate surface area is 146 Å². The van der Waals surface area contributed by atoms with Crippen LogP contribution < -0.4 is 5.32 Å². The third kappa shape index (κ3) is 3.90. The van der Waals surface area contributed by atoms with Crippen molar-refractivity contribution in [1.29, 1.82) is 0 Å². The molecule has 1 aliphatic heterocycles. The van der Waals surface area contributed by atoms with Crippen molar-refractivity contribution in [1.82, 2.24) is 5.32 Å². The fourth-order valence-corrected chi connectivity index (χ4v) is 3.75. The van der Waals surface area contributed by atoms with Crippen molar-refractivity contribution in [2.75, 3.05) is 6.61 Å². The van der Waals surface area contributed by atoms with E-state index in [1.54, 1.807) is 0 Å². The van der Waals surface area contributed by atoms with E-state index < -0.39 is 5.97 Å². The van der Waals surface area contributed by atoms with E-state index in [0.29, 0.717) is 37.3 Å². The Morgan fingerprint density at radius 3 is 2.29 bits per heavy atom. The number of rotatable bonds is 4. The highest BCUT2D eigenvalue weighted by molar-refractivity contribution is 6.30. The number of hydrogen-bond donors (Lipinski definition) is 2. The van der Waals surface area contributed by atoms with Crippen molar-refractivity contribution in [3.8, 4) is 0 Å². The van der Waals surface area contributed by atoms with Crippen molar-refractivity contribution in [3.63, 3.8) is 0 Å². The van der Waals surface area contributed by atoms with E-state index in [1.807, 2.05) is 24.3 Å². The number of carboxylic acids is 1. The highest BCUT2D eigenvalue weighted by Crippen LogP contribution is 2.32. The first-order valence-electron chi connectivity index (χ1n) is 8.45. The molecule has 2 atom stereocenters. The first kappa shape index (κ1) is 17.2. The van der Waals surface area contributed by atoms with Gasteiger partial charge in [-0.1, -0.05) is 23.7 Å². The number of hydrogen-bond acceptors (Lipinski definition) is 3. The van der Waals surface area contributed by atoms with Gasteiger partial charge in [-0.15, -0.1) is 0 Å². The first-order chi connectivity index (χ1) is 11.5. The average molecular weight is 352 g/mol. The van der Waals surface area contributed by atoms with Crippen LogP contribution in [0.5, 0.6) is 0 Å². The summed E-state index contributed by atoms with van der Waals surface area (Å²) in [4.78, 5) is 23.5. The molecule has 2 aliphatic rings. The molecule has 0 spiro atoms. The first-order valence-corrected chi connectivity index (χ1v) is 8.82. The summed E-state index contributed by atoms with van der Waals surface area (Å²) < 4.78 is 5.79. The second-order valence-electron chi connectivity index (χ2n) is 6.63. The van der Waals surface area contributed by atoms with Gasteiger partial charge in [-0.2, -0.15) is 0 Å². The van der Waals surface area contributed by atoms with Crippen LogP contribution in [0.4, 0.5) is 0 Å². The Hall–Kier alpha value is -1.59. The maximum atomic E-state index is 12.5. The Kier molecular flexibility index (Phi) is 5.41. The van der Waals surface area contributed by atoms with Crippen LogP contribution in [0.25, 0.3) is 0 Å². The van der Waals surface area contributed by atoms with Crippen LogP contribution in [0.15, 0.2) is 24.3 Å². The molecule has 0 aromatic heterocycles. The zero-order valence-corrected chi connectivity index (χ0v) is 14.2. The number of carbonyl (C=O) groups excluding carboxylic acids is 1. The maximum absolute atomic E-state index is 12.5. The predicted molar refractivity (Wildman–Crippen MR) is 89.8 cm³/mol. The van der Waals surface area contributed by atoms with Gasteiger partial charge in [0.05, 0.1) is 12.0 Å². The maximum Gasteiger partial charge on any atom is 0.306 e. The van der Waals surface area contributed by atoms with Crippen LogP contribution in [-0.4, -0.2) is 29.6 Å². The van der Waals surface area contributed by atoms with Crippen molar-refractivity contribution in [2.24, 2.45) is 11.8 Å². The number of aliphatic carboxylic acids is 1. The highest BCUT2D eigenvalue weighted by Gasteiger charge is 2.34. The lowest BCUT2D eigenvalue weighted by atomic mass is 9.81. The lowest BCUT2D eigenvalue weighted by Gasteiger charge is -2.27. The molecule has 1 aliphatic carbocycles. The second kappa shape index (κ2) is 7.53. The summed E-state index contributed by atoms with van der Waals surface area (Å²) in [6, 6.07) is 7.45. The number of amides is 1. The molecule has 24 heavy (non-hydrogen) atoms. The van der Waals surface area contributed by atoms with Crippen LogP contribution in [0, 0.1) is 11.8 Å². The molecule has 0 radical (unpaired) electrons. The largest absolute Gasteiger partial charge is 0.481 e. The predicted octanol–water partition coefficient (Wildman–Crippen LogP) is 3.18. The van der Waals surface area contributed by atoms with Crippen LogP contribution in [0.2, 0.25) is 5.02 Å². The molecule has 5 nitrogen and oxygen atoms in total. The zero-order valence-electron chi connectivity index (χ0n) is 13.4. The molecule has 3 rings (SSSR count). The Morgan fingerprint density at radius 2 is 1.67 bits per heavy atom. The van der Waals surface area contributed by atoms with Crippen molar-refractivity contribution >= 4 is 23.5 Å². The van der Waals surface area contributed by atoms with Crippen LogP contribution in [0.1, 0.15) is 43.8 Å². The number of halogens is 1. The summed E-state index contributed by atoms with van der Waals surface area (Å²) in [7, 11) is 0. The number of ether oxygens (including phenoxy) is 1. The molecule has 6 heteroatoms. The molecular weight excluding hydrogens is 330 g/mol. The van der Waals surface area contributed by atoms with Crippen molar-refractivity contribution in [2.45, 2.75) is 44.2 Å². The van der Waals surface area contributed by atoms with Gasteiger partial charge in [0.1, 0.15) is 6.10 Å². The van der Waals surface area contributed by atoms with Crippen LogP contribution in [-0.2, 0) is 14.3 Å². The molecule has 1 aromatic rings. The molecule has 1 aromatic carbocycles. The monoisotopic (exact) mass is 351 g/mol. The minimum absolute atomic E-state index is 0.0216. The lowest BCUT2D eigenvalue weighted by molar-refractivity contribution is -0.144. The summed E-state index contributed by atoms with van der Waals surface area (Å²) in [6.45, 7) is 0.615.